The molecule has 2 rings (SSSR count). The van der Waals surface area contributed by atoms with Crippen LogP contribution in [0.3, 0.4) is 0 Å². The summed E-state index contributed by atoms with van der Waals surface area (Å²) in [6.45, 7) is 2.79. The largest absolute Gasteiger partial charge is 0.376 e. The first kappa shape index (κ1) is 14.0. The Hall–Kier alpha value is -0.390. The number of carbonyl (C=O) groups is 1. The van der Waals surface area contributed by atoms with Crippen molar-refractivity contribution < 1.29 is 9.53 Å². The van der Waals surface area contributed by atoms with E-state index in [1.165, 1.54) is 0 Å². The van der Waals surface area contributed by atoms with Gasteiger partial charge in [-0.05, 0) is 53.9 Å². The Bertz CT molecular complexity index is 445. The molecule has 1 fully saturated rings. The number of hydrogen-bond acceptors (Lipinski definition) is 2. The Morgan fingerprint density at radius 3 is 2.89 bits per heavy atom. The van der Waals surface area contributed by atoms with Crippen LogP contribution in [0, 0.1) is 0 Å². The molecule has 2 atom stereocenters. The van der Waals surface area contributed by atoms with E-state index < -0.39 is 0 Å². The summed E-state index contributed by atoms with van der Waals surface area (Å²) in [4.78, 5) is 12.1. The minimum Gasteiger partial charge on any atom is -0.376 e. The predicted octanol–water partition coefficient (Wildman–Crippen LogP) is 3.51. The number of amides is 1. The number of carbonyl (C=O) groups excluding carboxylic acids is 1. The van der Waals surface area contributed by atoms with Crippen LogP contribution in [0.15, 0.2) is 27.1 Å². The van der Waals surface area contributed by atoms with Gasteiger partial charge in [-0.25, -0.2) is 0 Å². The fraction of sp³-hybridized carbons (Fsp3) is 0.462. The Kier molecular flexibility index (Phi) is 4.81. The van der Waals surface area contributed by atoms with Gasteiger partial charge >= 0.3 is 0 Å². The highest BCUT2D eigenvalue weighted by atomic mass is 79.9. The van der Waals surface area contributed by atoms with E-state index in [2.05, 4.69) is 37.2 Å². The number of ether oxygens (including phenoxy) is 1. The van der Waals surface area contributed by atoms with E-state index in [4.69, 9.17) is 4.74 Å². The standard InChI is InChI=1S/C13H15Br2NO2/c1-8(12-3-2-6-18-12)16-13(17)10-5-4-9(14)7-11(10)15/h4-5,7-8,12H,2-3,6H2,1H3,(H,16,17). The zero-order valence-electron chi connectivity index (χ0n) is 10.1. The maximum Gasteiger partial charge on any atom is 0.252 e. The highest BCUT2D eigenvalue weighted by molar-refractivity contribution is 9.11. The van der Waals surface area contributed by atoms with Crippen molar-refractivity contribution in [1.29, 1.82) is 0 Å². The lowest BCUT2D eigenvalue weighted by atomic mass is 10.1. The molecule has 2 unspecified atom stereocenters. The molecule has 1 N–H and O–H groups in total. The molecule has 1 amide bonds. The molecule has 0 radical (unpaired) electrons. The van der Waals surface area contributed by atoms with Gasteiger partial charge in [-0.15, -0.1) is 0 Å². The summed E-state index contributed by atoms with van der Waals surface area (Å²) in [7, 11) is 0. The fourth-order valence-corrected chi connectivity index (χ4v) is 3.28. The zero-order chi connectivity index (χ0) is 13.1. The van der Waals surface area contributed by atoms with Gasteiger partial charge in [0.2, 0.25) is 0 Å². The topological polar surface area (TPSA) is 38.3 Å². The maximum atomic E-state index is 12.1. The molecule has 5 heteroatoms. The van der Waals surface area contributed by atoms with Crippen molar-refractivity contribution >= 4 is 37.8 Å². The monoisotopic (exact) mass is 375 g/mol. The van der Waals surface area contributed by atoms with Crippen LogP contribution in [0.5, 0.6) is 0 Å². The van der Waals surface area contributed by atoms with Gasteiger partial charge in [-0.3, -0.25) is 4.79 Å². The van der Waals surface area contributed by atoms with E-state index in [-0.39, 0.29) is 18.1 Å². The van der Waals surface area contributed by atoms with Crippen molar-refractivity contribution in [1.82, 2.24) is 5.32 Å². The molecule has 0 aliphatic carbocycles. The number of benzene rings is 1. The van der Waals surface area contributed by atoms with E-state index >= 15 is 0 Å². The van der Waals surface area contributed by atoms with Crippen LogP contribution in [-0.4, -0.2) is 24.7 Å². The lowest BCUT2D eigenvalue weighted by molar-refractivity contribution is 0.0712. The Labute approximate surface area is 124 Å². The van der Waals surface area contributed by atoms with Gasteiger partial charge in [-0.1, -0.05) is 15.9 Å². The second-order valence-electron chi connectivity index (χ2n) is 4.44. The summed E-state index contributed by atoms with van der Waals surface area (Å²) in [6, 6.07) is 5.56. The summed E-state index contributed by atoms with van der Waals surface area (Å²) >= 11 is 6.77. The minimum absolute atomic E-state index is 0.0375. The van der Waals surface area contributed by atoms with Crippen LogP contribution in [0.1, 0.15) is 30.1 Å². The second kappa shape index (κ2) is 6.17. The van der Waals surface area contributed by atoms with Gasteiger partial charge in [0.15, 0.2) is 0 Å². The van der Waals surface area contributed by atoms with Crippen LogP contribution < -0.4 is 5.32 Å². The first-order chi connectivity index (χ1) is 8.58. The average molecular weight is 377 g/mol. The highest BCUT2D eigenvalue weighted by Gasteiger charge is 2.24. The van der Waals surface area contributed by atoms with Crippen LogP contribution in [0.2, 0.25) is 0 Å². The second-order valence-corrected chi connectivity index (χ2v) is 6.21. The van der Waals surface area contributed by atoms with E-state index in [0.717, 1.165) is 28.4 Å². The van der Waals surface area contributed by atoms with E-state index in [1.807, 2.05) is 19.1 Å². The molecule has 1 saturated heterocycles. The van der Waals surface area contributed by atoms with Crippen molar-refractivity contribution in [3.63, 3.8) is 0 Å². The van der Waals surface area contributed by atoms with Crippen molar-refractivity contribution in [2.24, 2.45) is 0 Å². The summed E-state index contributed by atoms with van der Waals surface area (Å²) in [5, 5.41) is 2.99. The van der Waals surface area contributed by atoms with Crippen LogP contribution in [0.4, 0.5) is 0 Å². The number of nitrogens with one attached hydrogen (secondary N) is 1. The summed E-state index contributed by atoms with van der Waals surface area (Å²) in [6.07, 6.45) is 2.23. The number of hydrogen-bond donors (Lipinski definition) is 1. The lowest BCUT2D eigenvalue weighted by Gasteiger charge is -2.20. The van der Waals surface area contributed by atoms with Crippen molar-refractivity contribution in [3.8, 4) is 0 Å². The van der Waals surface area contributed by atoms with E-state index in [0.29, 0.717) is 5.56 Å². The van der Waals surface area contributed by atoms with Gasteiger partial charge in [0.1, 0.15) is 0 Å². The minimum atomic E-state index is -0.0719. The first-order valence-electron chi connectivity index (χ1n) is 5.95. The summed E-state index contributed by atoms with van der Waals surface area (Å²) in [5.41, 5.74) is 0.642. The third-order valence-corrected chi connectivity index (χ3v) is 4.21. The van der Waals surface area contributed by atoms with E-state index in [1.54, 1.807) is 6.07 Å². The lowest BCUT2D eigenvalue weighted by Crippen LogP contribution is -2.40. The molecule has 18 heavy (non-hydrogen) atoms. The molecule has 1 aliphatic heterocycles. The molecule has 1 aromatic carbocycles. The SMILES string of the molecule is CC(NC(=O)c1ccc(Br)cc1Br)C1CCCO1. The Morgan fingerprint density at radius 2 is 2.28 bits per heavy atom. The third-order valence-electron chi connectivity index (χ3n) is 3.06. The summed E-state index contributed by atoms with van der Waals surface area (Å²) < 4.78 is 7.30. The van der Waals surface area contributed by atoms with Crippen LogP contribution in [0.25, 0.3) is 0 Å². The van der Waals surface area contributed by atoms with Gasteiger partial charge in [-0.2, -0.15) is 0 Å². The van der Waals surface area contributed by atoms with Gasteiger partial charge < -0.3 is 10.1 Å². The molecule has 3 nitrogen and oxygen atoms in total. The van der Waals surface area contributed by atoms with Crippen molar-refractivity contribution in [2.75, 3.05) is 6.61 Å². The van der Waals surface area contributed by atoms with E-state index in [9.17, 15) is 4.79 Å². The Morgan fingerprint density at radius 1 is 1.50 bits per heavy atom. The molecule has 0 aromatic heterocycles. The average Bonchev–Trinajstić information content (AvgIpc) is 2.81. The van der Waals surface area contributed by atoms with Crippen molar-refractivity contribution in [2.45, 2.75) is 31.9 Å². The zero-order valence-corrected chi connectivity index (χ0v) is 13.3. The molecule has 0 saturated carbocycles. The first-order valence-corrected chi connectivity index (χ1v) is 7.54. The molecule has 0 spiro atoms. The molecule has 1 aromatic rings. The molecule has 1 aliphatic rings. The number of rotatable bonds is 3. The number of halogens is 2. The molecule has 98 valence electrons. The fourth-order valence-electron chi connectivity index (χ4n) is 2.05. The van der Waals surface area contributed by atoms with Gasteiger partial charge in [0, 0.05) is 15.6 Å². The molecular formula is C13H15Br2NO2. The maximum absolute atomic E-state index is 12.1. The van der Waals surface area contributed by atoms with Crippen molar-refractivity contribution in [3.05, 3.63) is 32.7 Å². The summed E-state index contributed by atoms with van der Waals surface area (Å²) in [5.74, 6) is -0.0719. The molecular weight excluding hydrogens is 362 g/mol. The quantitative estimate of drug-likeness (QED) is 0.876. The third kappa shape index (κ3) is 3.33. The highest BCUT2D eigenvalue weighted by Crippen LogP contribution is 2.22. The normalized spacial score (nSPS) is 20.7. The Balaban J connectivity index is 2.02. The van der Waals surface area contributed by atoms with Gasteiger partial charge in [0.25, 0.3) is 5.91 Å². The molecule has 0 bridgehead atoms. The van der Waals surface area contributed by atoms with Gasteiger partial charge in [0.05, 0.1) is 17.7 Å². The predicted molar refractivity (Wildman–Crippen MR) is 77.7 cm³/mol. The molecule has 1 heterocycles. The van der Waals surface area contributed by atoms with Crippen LogP contribution in [-0.2, 0) is 4.74 Å². The smallest absolute Gasteiger partial charge is 0.252 e. The van der Waals surface area contributed by atoms with Crippen LogP contribution >= 0.6 is 31.9 Å².